The Labute approximate surface area is 144 Å². The maximum Gasteiger partial charge on any atom is 0.269 e. The fraction of sp³-hybridized carbons (Fsp3) is 0.333. The number of hydrogen-bond acceptors (Lipinski definition) is 6. The van der Waals surface area contributed by atoms with Crippen molar-refractivity contribution < 1.29 is 14.5 Å². The van der Waals surface area contributed by atoms with Gasteiger partial charge >= 0.3 is 0 Å². The predicted molar refractivity (Wildman–Crippen MR) is 88.8 cm³/mol. The molecule has 1 aromatic carbocycles. The lowest BCUT2D eigenvalue weighted by molar-refractivity contribution is -0.384. The summed E-state index contributed by atoms with van der Waals surface area (Å²) in [6.07, 6.45) is 0.111. The zero-order valence-electron chi connectivity index (χ0n) is 13.9. The van der Waals surface area contributed by atoms with Crippen LogP contribution in [-0.4, -0.2) is 10.7 Å². The van der Waals surface area contributed by atoms with Crippen molar-refractivity contribution in [1.29, 1.82) is 5.26 Å². The molecule has 0 saturated carbocycles. The molecule has 7 nitrogen and oxygen atoms in total. The van der Waals surface area contributed by atoms with Gasteiger partial charge in [0.05, 0.1) is 21.8 Å². The molecule has 1 atom stereocenters. The third kappa shape index (κ3) is 2.87. The van der Waals surface area contributed by atoms with E-state index in [0.717, 1.165) is 0 Å². The summed E-state index contributed by atoms with van der Waals surface area (Å²) in [6.45, 7) is 3.94. The molecule has 1 aliphatic heterocycles. The van der Waals surface area contributed by atoms with E-state index in [9.17, 15) is 20.2 Å². The molecular weight excluding hydrogens is 322 g/mol. The maximum absolute atomic E-state index is 12.4. The number of nitriles is 1. The van der Waals surface area contributed by atoms with E-state index >= 15 is 0 Å². The van der Waals surface area contributed by atoms with Gasteiger partial charge in [0.1, 0.15) is 11.8 Å². The highest BCUT2D eigenvalue weighted by Gasteiger charge is 2.41. The third-order valence-electron chi connectivity index (χ3n) is 4.44. The number of hydrogen-bond donors (Lipinski definition) is 1. The van der Waals surface area contributed by atoms with Crippen LogP contribution in [0.1, 0.15) is 38.4 Å². The monoisotopic (exact) mass is 339 g/mol. The smallest absolute Gasteiger partial charge is 0.269 e. The maximum atomic E-state index is 12.4. The number of allylic oxidation sites excluding steroid dienone is 2. The summed E-state index contributed by atoms with van der Waals surface area (Å²) in [6, 6.07) is 7.80. The number of ether oxygens (including phenoxy) is 1. The fourth-order valence-corrected chi connectivity index (χ4v) is 3.27. The number of nitrogens with zero attached hydrogens (tertiary/aromatic N) is 2. The van der Waals surface area contributed by atoms with Crippen molar-refractivity contribution in [3.05, 3.63) is 62.5 Å². The number of Topliss-reactive ketones (excluding diaryl/α,β-unsaturated/α-hetero) is 1. The highest BCUT2D eigenvalue weighted by atomic mass is 16.6. The summed E-state index contributed by atoms with van der Waals surface area (Å²) in [7, 11) is 0. The van der Waals surface area contributed by atoms with Crippen LogP contribution in [0.25, 0.3) is 0 Å². The minimum atomic E-state index is -0.772. The number of ketones is 1. The highest BCUT2D eigenvalue weighted by molar-refractivity contribution is 6.01. The molecule has 2 aliphatic rings. The summed E-state index contributed by atoms with van der Waals surface area (Å²) >= 11 is 0. The predicted octanol–water partition coefficient (Wildman–Crippen LogP) is 3.05. The summed E-state index contributed by atoms with van der Waals surface area (Å²) in [5.74, 6) is 0.361. The van der Waals surface area contributed by atoms with Crippen LogP contribution >= 0.6 is 0 Å². The summed E-state index contributed by atoms with van der Waals surface area (Å²) in [5.41, 5.74) is 6.99. The molecule has 0 radical (unpaired) electrons. The Balaban J connectivity index is 2.05. The molecule has 7 heteroatoms. The average Bonchev–Trinajstić information content (AvgIpc) is 2.53. The zero-order valence-corrected chi connectivity index (χ0v) is 13.9. The molecule has 3 rings (SSSR count). The van der Waals surface area contributed by atoms with Crippen molar-refractivity contribution in [3.63, 3.8) is 0 Å². The molecule has 0 saturated heterocycles. The molecule has 0 bridgehead atoms. The standard InChI is InChI=1S/C18H17N3O4/c1-18(2)7-13(22)15-14(8-18)25-17(12(9-19)16(15)20)10-3-5-11(6-4-10)21(23)24/h3-6,17H,7-8,20H2,1-2H3/t17-/m0/s1. The van der Waals surface area contributed by atoms with Crippen molar-refractivity contribution in [3.8, 4) is 6.07 Å². The number of benzene rings is 1. The molecule has 0 unspecified atom stereocenters. The number of carbonyl (C=O) groups is 1. The third-order valence-corrected chi connectivity index (χ3v) is 4.44. The topological polar surface area (TPSA) is 119 Å². The van der Waals surface area contributed by atoms with Gasteiger partial charge < -0.3 is 10.5 Å². The molecule has 1 heterocycles. The van der Waals surface area contributed by atoms with Crippen LogP contribution in [-0.2, 0) is 9.53 Å². The first-order chi connectivity index (χ1) is 11.7. The molecule has 0 amide bonds. The summed E-state index contributed by atoms with van der Waals surface area (Å²) in [4.78, 5) is 22.8. The van der Waals surface area contributed by atoms with E-state index in [1.807, 2.05) is 19.9 Å². The van der Waals surface area contributed by atoms with Gasteiger partial charge in [-0.25, -0.2) is 0 Å². The number of nitro groups is 1. The van der Waals surface area contributed by atoms with Gasteiger partial charge in [0.15, 0.2) is 11.9 Å². The number of non-ortho nitro benzene ring substituents is 1. The Morgan fingerprint density at radius 1 is 1.32 bits per heavy atom. The van der Waals surface area contributed by atoms with Crippen molar-refractivity contribution in [2.24, 2.45) is 11.1 Å². The van der Waals surface area contributed by atoms with E-state index in [1.165, 1.54) is 24.3 Å². The van der Waals surface area contributed by atoms with Crippen LogP contribution in [0, 0.1) is 26.9 Å². The number of rotatable bonds is 2. The van der Waals surface area contributed by atoms with Gasteiger partial charge in [-0.3, -0.25) is 14.9 Å². The van der Waals surface area contributed by atoms with Gasteiger partial charge in [0.2, 0.25) is 0 Å². The van der Waals surface area contributed by atoms with Crippen molar-refractivity contribution >= 4 is 11.5 Å². The van der Waals surface area contributed by atoms with Gasteiger partial charge in [0, 0.05) is 25.0 Å². The largest absolute Gasteiger partial charge is 0.484 e. The lowest BCUT2D eigenvalue weighted by atomic mass is 9.74. The first-order valence-corrected chi connectivity index (χ1v) is 7.81. The molecule has 128 valence electrons. The van der Waals surface area contributed by atoms with E-state index in [2.05, 4.69) is 0 Å². The molecular formula is C18H17N3O4. The average molecular weight is 339 g/mol. The van der Waals surface area contributed by atoms with Crippen LogP contribution in [0.4, 0.5) is 5.69 Å². The Bertz CT molecular complexity index is 873. The van der Waals surface area contributed by atoms with Crippen LogP contribution in [0.15, 0.2) is 46.9 Å². The minimum Gasteiger partial charge on any atom is -0.484 e. The number of nitro benzene ring substituents is 1. The van der Waals surface area contributed by atoms with Crippen LogP contribution in [0.3, 0.4) is 0 Å². The zero-order chi connectivity index (χ0) is 18.4. The first kappa shape index (κ1) is 16.7. The molecule has 1 aromatic rings. The minimum absolute atomic E-state index is 0.0519. The Hall–Kier alpha value is -3.14. The second-order valence-electron chi connectivity index (χ2n) is 7.02. The van der Waals surface area contributed by atoms with Gasteiger partial charge in [0.25, 0.3) is 5.69 Å². The highest BCUT2D eigenvalue weighted by Crippen LogP contribution is 2.45. The number of nitrogens with two attached hydrogens (primary N) is 1. The van der Waals surface area contributed by atoms with E-state index in [-0.39, 0.29) is 28.2 Å². The van der Waals surface area contributed by atoms with Crippen molar-refractivity contribution in [1.82, 2.24) is 0 Å². The second kappa shape index (κ2) is 5.74. The van der Waals surface area contributed by atoms with E-state index in [1.54, 1.807) is 0 Å². The van der Waals surface area contributed by atoms with Gasteiger partial charge in [-0.2, -0.15) is 5.26 Å². The number of carbonyl (C=O) groups excluding carboxylic acids is 1. The first-order valence-electron chi connectivity index (χ1n) is 7.81. The van der Waals surface area contributed by atoms with Crippen LogP contribution in [0.2, 0.25) is 0 Å². The quantitative estimate of drug-likeness (QED) is 0.653. The van der Waals surface area contributed by atoms with Gasteiger partial charge in [-0.1, -0.05) is 13.8 Å². The molecule has 1 aliphatic carbocycles. The summed E-state index contributed by atoms with van der Waals surface area (Å²) < 4.78 is 5.99. The second-order valence-corrected chi connectivity index (χ2v) is 7.02. The van der Waals surface area contributed by atoms with Crippen molar-refractivity contribution in [2.45, 2.75) is 32.8 Å². The fourth-order valence-electron chi connectivity index (χ4n) is 3.27. The van der Waals surface area contributed by atoms with E-state index in [0.29, 0.717) is 29.7 Å². The van der Waals surface area contributed by atoms with Gasteiger partial charge in [-0.15, -0.1) is 0 Å². The molecule has 2 N–H and O–H groups in total. The van der Waals surface area contributed by atoms with E-state index in [4.69, 9.17) is 10.5 Å². The summed E-state index contributed by atoms with van der Waals surface area (Å²) in [5, 5.41) is 20.3. The van der Waals surface area contributed by atoms with E-state index < -0.39 is 11.0 Å². The normalized spacial score (nSPS) is 22.1. The lowest BCUT2D eigenvalue weighted by Gasteiger charge is -2.37. The van der Waals surface area contributed by atoms with Crippen molar-refractivity contribution in [2.75, 3.05) is 0 Å². The Kier molecular flexibility index (Phi) is 3.84. The molecule has 0 spiro atoms. The van der Waals surface area contributed by atoms with Crippen LogP contribution < -0.4 is 5.73 Å². The SMILES string of the molecule is CC1(C)CC(=O)C2=C(C1)O[C@@H](c1ccc([N+](=O)[O-])cc1)C(C#N)=C2N. The molecule has 25 heavy (non-hydrogen) atoms. The Morgan fingerprint density at radius 2 is 1.96 bits per heavy atom. The van der Waals surface area contributed by atoms with Crippen LogP contribution in [0.5, 0.6) is 0 Å². The molecule has 0 fully saturated rings. The Morgan fingerprint density at radius 3 is 2.52 bits per heavy atom. The molecule has 0 aromatic heterocycles. The van der Waals surface area contributed by atoms with Gasteiger partial charge in [-0.05, 0) is 23.1 Å². The lowest BCUT2D eigenvalue weighted by Crippen LogP contribution is -2.33.